The molecule has 1 aromatic rings. The molecule has 2 heterocycles. The second-order valence-corrected chi connectivity index (χ2v) is 4.60. The van der Waals surface area contributed by atoms with Gasteiger partial charge in [-0.15, -0.1) is 0 Å². The number of nitrogens with one attached hydrogen (secondary N) is 1. The van der Waals surface area contributed by atoms with Crippen LogP contribution in [0.2, 0.25) is 0 Å². The van der Waals surface area contributed by atoms with E-state index in [1.807, 2.05) is 7.05 Å². The SMILES string of the molecule is Cn1cc2c(c1)C1CNC(C(=O)O)C1C2. The lowest BCUT2D eigenvalue weighted by Gasteiger charge is -2.13. The number of aromatic nitrogens is 1. The number of hydrogen-bond donors (Lipinski definition) is 2. The molecule has 1 saturated heterocycles. The summed E-state index contributed by atoms with van der Waals surface area (Å²) in [4.78, 5) is 11.0. The predicted octanol–water partition coefficient (Wildman–Crippen LogP) is 0.337. The van der Waals surface area contributed by atoms with Crippen molar-refractivity contribution in [2.45, 2.75) is 18.4 Å². The zero-order valence-corrected chi connectivity index (χ0v) is 8.60. The number of carboxylic acid groups (broad SMARTS) is 1. The van der Waals surface area contributed by atoms with Crippen LogP contribution in [0.1, 0.15) is 17.0 Å². The molecule has 3 rings (SSSR count). The standard InChI is InChI=1S/C11H14N2O2/c1-13-4-6-2-7-8(9(6)5-13)3-12-10(7)11(14)15/h4-5,7-8,10,12H,2-3H2,1H3,(H,14,15). The van der Waals surface area contributed by atoms with Crippen molar-refractivity contribution in [3.63, 3.8) is 0 Å². The summed E-state index contributed by atoms with van der Waals surface area (Å²) in [7, 11) is 2.02. The molecule has 4 nitrogen and oxygen atoms in total. The first-order valence-corrected chi connectivity index (χ1v) is 5.27. The highest BCUT2D eigenvalue weighted by Gasteiger charge is 2.45. The summed E-state index contributed by atoms with van der Waals surface area (Å²) in [6.07, 6.45) is 5.16. The number of rotatable bonds is 1. The van der Waals surface area contributed by atoms with Gasteiger partial charge in [0.25, 0.3) is 0 Å². The molecule has 0 saturated carbocycles. The molecule has 0 aromatic carbocycles. The Morgan fingerprint density at radius 2 is 2.40 bits per heavy atom. The molecule has 1 aliphatic carbocycles. The lowest BCUT2D eigenvalue weighted by molar-refractivity contribution is -0.140. The van der Waals surface area contributed by atoms with Crippen molar-refractivity contribution in [2.24, 2.45) is 13.0 Å². The highest BCUT2D eigenvalue weighted by atomic mass is 16.4. The number of aryl methyl sites for hydroxylation is 1. The van der Waals surface area contributed by atoms with Crippen LogP contribution in [0.25, 0.3) is 0 Å². The predicted molar refractivity (Wildman–Crippen MR) is 54.8 cm³/mol. The summed E-state index contributed by atoms with van der Waals surface area (Å²) in [5.41, 5.74) is 2.68. The van der Waals surface area contributed by atoms with Crippen molar-refractivity contribution < 1.29 is 9.90 Å². The van der Waals surface area contributed by atoms with Gasteiger partial charge in [-0.1, -0.05) is 0 Å². The molecule has 0 spiro atoms. The van der Waals surface area contributed by atoms with Crippen LogP contribution in [0.5, 0.6) is 0 Å². The lowest BCUT2D eigenvalue weighted by atomic mass is 9.92. The number of carboxylic acids is 1. The van der Waals surface area contributed by atoms with E-state index >= 15 is 0 Å². The fraction of sp³-hybridized carbons (Fsp3) is 0.545. The molecular weight excluding hydrogens is 192 g/mol. The van der Waals surface area contributed by atoms with E-state index < -0.39 is 5.97 Å². The molecule has 0 bridgehead atoms. The first kappa shape index (κ1) is 8.97. The Bertz CT molecular complexity index is 424. The van der Waals surface area contributed by atoms with Gasteiger partial charge in [0, 0.05) is 31.9 Å². The van der Waals surface area contributed by atoms with Gasteiger partial charge >= 0.3 is 5.97 Å². The number of hydrogen-bond acceptors (Lipinski definition) is 2. The maximum Gasteiger partial charge on any atom is 0.321 e. The van der Waals surface area contributed by atoms with Gasteiger partial charge in [0.15, 0.2) is 0 Å². The van der Waals surface area contributed by atoms with Gasteiger partial charge in [-0.2, -0.15) is 0 Å². The quantitative estimate of drug-likeness (QED) is 0.696. The van der Waals surface area contributed by atoms with Crippen LogP contribution in [0.15, 0.2) is 12.4 Å². The molecule has 1 aliphatic heterocycles. The van der Waals surface area contributed by atoms with Gasteiger partial charge in [0.2, 0.25) is 0 Å². The number of carbonyl (C=O) groups is 1. The third kappa shape index (κ3) is 1.14. The maximum absolute atomic E-state index is 11.0. The van der Waals surface area contributed by atoms with Crippen LogP contribution in [0.3, 0.4) is 0 Å². The fourth-order valence-electron chi connectivity index (χ4n) is 3.08. The third-order valence-electron chi connectivity index (χ3n) is 3.70. The van der Waals surface area contributed by atoms with E-state index in [-0.39, 0.29) is 12.0 Å². The van der Waals surface area contributed by atoms with E-state index in [9.17, 15) is 4.79 Å². The average molecular weight is 206 g/mol. The second-order valence-electron chi connectivity index (χ2n) is 4.60. The van der Waals surface area contributed by atoms with Crippen molar-refractivity contribution in [1.29, 1.82) is 0 Å². The van der Waals surface area contributed by atoms with Crippen molar-refractivity contribution in [3.05, 3.63) is 23.5 Å². The molecule has 1 aromatic heterocycles. The van der Waals surface area contributed by atoms with Crippen molar-refractivity contribution in [2.75, 3.05) is 6.54 Å². The Kier molecular flexibility index (Phi) is 1.71. The van der Waals surface area contributed by atoms with E-state index in [0.29, 0.717) is 5.92 Å². The van der Waals surface area contributed by atoms with Gasteiger partial charge < -0.3 is 15.0 Å². The fourth-order valence-corrected chi connectivity index (χ4v) is 3.08. The van der Waals surface area contributed by atoms with Crippen LogP contribution in [-0.4, -0.2) is 28.2 Å². The summed E-state index contributed by atoms with van der Waals surface area (Å²) in [6, 6.07) is -0.354. The summed E-state index contributed by atoms with van der Waals surface area (Å²) in [5.74, 6) is -0.0481. The zero-order valence-electron chi connectivity index (χ0n) is 8.60. The molecule has 15 heavy (non-hydrogen) atoms. The van der Waals surface area contributed by atoms with Gasteiger partial charge in [-0.05, 0) is 23.5 Å². The highest BCUT2D eigenvalue weighted by Crippen LogP contribution is 2.43. The van der Waals surface area contributed by atoms with E-state index in [1.165, 1.54) is 11.1 Å². The first-order chi connectivity index (χ1) is 7.16. The zero-order chi connectivity index (χ0) is 10.6. The van der Waals surface area contributed by atoms with Crippen LogP contribution in [-0.2, 0) is 18.3 Å². The Balaban J connectivity index is 1.94. The van der Waals surface area contributed by atoms with Crippen molar-refractivity contribution in [3.8, 4) is 0 Å². The summed E-state index contributed by atoms with van der Waals surface area (Å²) in [6.45, 7) is 0.804. The van der Waals surface area contributed by atoms with Gasteiger partial charge in [0.1, 0.15) is 6.04 Å². The topological polar surface area (TPSA) is 54.3 Å². The largest absolute Gasteiger partial charge is 0.480 e. The first-order valence-electron chi connectivity index (χ1n) is 5.27. The molecular formula is C11H14N2O2. The van der Waals surface area contributed by atoms with Crippen LogP contribution < -0.4 is 5.32 Å². The Morgan fingerprint density at radius 3 is 3.13 bits per heavy atom. The minimum absolute atomic E-state index is 0.258. The Hall–Kier alpha value is -1.29. The minimum atomic E-state index is -0.711. The number of aliphatic carboxylic acids is 1. The molecule has 2 N–H and O–H groups in total. The van der Waals surface area contributed by atoms with Crippen molar-refractivity contribution >= 4 is 5.97 Å². The third-order valence-corrected chi connectivity index (χ3v) is 3.70. The molecule has 4 heteroatoms. The van der Waals surface area contributed by atoms with Crippen LogP contribution in [0, 0.1) is 5.92 Å². The molecule has 1 fully saturated rings. The second kappa shape index (κ2) is 2.85. The van der Waals surface area contributed by atoms with Gasteiger partial charge in [-0.3, -0.25) is 4.79 Å². The summed E-state index contributed by atoms with van der Waals surface area (Å²) < 4.78 is 2.06. The van der Waals surface area contributed by atoms with Gasteiger partial charge in [0.05, 0.1) is 0 Å². The van der Waals surface area contributed by atoms with E-state index in [1.54, 1.807) is 0 Å². The normalized spacial score (nSPS) is 32.7. The maximum atomic E-state index is 11.0. The molecule has 2 aliphatic rings. The minimum Gasteiger partial charge on any atom is -0.480 e. The van der Waals surface area contributed by atoms with E-state index in [2.05, 4.69) is 22.3 Å². The molecule has 3 atom stereocenters. The number of nitrogens with zero attached hydrogens (tertiary/aromatic N) is 1. The monoisotopic (exact) mass is 206 g/mol. The summed E-state index contributed by atoms with van der Waals surface area (Å²) in [5, 5.41) is 12.2. The molecule has 3 unspecified atom stereocenters. The van der Waals surface area contributed by atoms with Crippen LogP contribution >= 0.6 is 0 Å². The Labute approximate surface area is 87.9 Å². The smallest absolute Gasteiger partial charge is 0.321 e. The van der Waals surface area contributed by atoms with Gasteiger partial charge in [-0.25, -0.2) is 0 Å². The van der Waals surface area contributed by atoms with Crippen molar-refractivity contribution in [1.82, 2.24) is 9.88 Å². The molecule has 0 amide bonds. The van der Waals surface area contributed by atoms with E-state index in [4.69, 9.17) is 5.11 Å². The Morgan fingerprint density at radius 1 is 1.60 bits per heavy atom. The molecule has 0 radical (unpaired) electrons. The molecule has 80 valence electrons. The average Bonchev–Trinajstić information content (AvgIpc) is 2.73. The lowest BCUT2D eigenvalue weighted by Crippen LogP contribution is -2.35. The highest BCUT2D eigenvalue weighted by molar-refractivity contribution is 5.75. The number of fused-ring (bicyclic) bond motifs is 3. The summed E-state index contributed by atoms with van der Waals surface area (Å²) >= 11 is 0. The van der Waals surface area contributed by atoms with E-state index in [0.717, 1.165) is 13.0 Å². The van der Waals surface area contributed by atoms with Crippen LogP contribution in [0.4, 0.5) is 0 Å².